The Morgan fingerprint density at radius 1 is 1.23 bits per heavy atom. The molecular weight excluding hydrogens is 290 g/mol. The summed E-state index contributed by atoms with van der Waals surface area (Å²) in [7, 11) is 2.19. The largest absolute Gasteiger partial charge is 0.298 e. The molecule has 3 nitrogen and oxygen atoms in total. The van der Waals surface area contributed by atoms with Crippen molar-refractivity contribution < 1.29 is 0 Å². The van der Waals surface area contributed by atoms with E-state index in [0.29, 0.717) is 6.04 Å². The van der Waals surface area contributed by atoms with E-state index in [1.807, 2.05) is 29.8 Å². The lowest BCUT2D eigenvalue weighted by Gasteiger charge is -2.24. The van der Waals surface area contributed by atoms with E-state index in [1.165, 1.54) is 41.2 Å². The van der Waals surface area contributed by atoms with Crippen LogP contribution in [-0.4, -0.2) is 34.9 Å². The van der Waals surface area contributed by atoms with Gasteiger partial charge in [0.2, 0.25) is 0 Å². The topological polar surface area (TPSA) is 19.4 Å². The quantitative estimate of drug-likeness (QED) is 0.805. The zero-order chi connectivity index (χ0) is 15.4. The SMILES string of the molecule is C[C@H](c1cccnc1)N(C)Cc1ccc(CN2CCCC2)s1. The molecule has 3 rings (SSSR count). The molecule has 1 atom stereocenters. The maximum atomic E-state index is 4.23. The Morgan fingerprint density at radius 3 is 2.73 bits per heavy atom. The molecular formula is C18H25N3S. The molecule has 0 spiro atoms. The third kappa shape index (κ3) is 3.94. The van der Waals surface area contributed by atoms with Gasteiger partial charge in [-0.15, -0.1) is 11.3 Å². The van der Waals surface area contributed by atoms with Crippen molar-refractivity contribution in [2.45, 2.75) is 38.9 Å². The summed E-state index contributed by atoms with van der Waals surface area (Å²) in [5.41, 5.74) is 1.28. The number of nitrogens with zero attached hydrogens (tertiary/aromatic N) is 3. The smallest absolute Gasteiger partial charge is 0.0335 e. The summed E-state index contributed by atoms with van der Waals surface area (Å²) >= 11 is 1.96. The third-order valence-electron chi connectivity index (χ3n) is 4.53. The van der Waals surface area contributed by atoms with Gasteiger partial charge in [-0.1, -0.05) is 6.07 Å². The minimum Gasteiger partial charge on any atom is -0.298 e. The lowest BCUT2D eigenvalue weighted by molar-refractivity contribution is 0.255. The van der Waals surface area contributed by atoms with E-state index < -0.39 is 0 Å². The highest BCUT2D eigenvalue weighted by Crippen LogP contribution is 2.25. The van der Waals surface area contributed by atoms with Gasteiger partial charge < -0.3 is 0 Å². The maximum Gasteiger partial charge on any atom is 0.0335 e. The predicted octanol–water partition coefficient (Wildman–Crippen LogP) is 3.93. The van der Waals surface area contributed by atoms with Gasteiger partial charge in [-0.2, -0.15) is 0 Å². The standard InChI is InChI=1S/C18H25N3S/c1-15(16-6-5-9-19-12-16)20(2)13-17-7-8-18(22-17)14-21-10-3-4-11-21/h5-9,12,15H,3-4,10-11,13-14H2,1-2H3/t15-/m1/s1. The number of likely N-dealkylation sites (tertiary alicyclic amines) is 1. The van der Waals surface area contributed by atoms with Gasteiger partial charge in [0, 0.05) is 41.3 Å². The van der Waals surface area contributed by atoms with Gasteiger partial charge in [0.05, 0.1) is 0 Å². The van der Waals surface area contributed by atoms with E-state index in [2.05, 4.69) is 47.0 Å². The fraction of sp³-hybridized carbons (Fsp3) is 0.500. The van der Waals surface area contributed by atoms with Gasteiger partial charge in [0.1, 0.15) is 0 Å². The average molecular weight is 315 g/mol. The number of aromatic nitrogens is 1. The van der Waals surface area contributed by atoms with E-state index in [-0.39, 0.29) is 0 Å². The van der Waals surface area contributed by atoms with Crippen molar-refractivity contribution in [2.75, 3.05) is 20.1 Å². The zero-order valence-electron chi connectivity index (χ0n) is 13.5. The van der Waals surface area contributed by atoms with Gasteiger partial charge in [-0.05, 0) is 63.7 Å². The average Bonchev–Trinajstić information content (AvgIpc) is 3.20. The molecule has 0 aromatic carbocycles. The molecule has 1 aliphatic rings. The van der Waals surface area contributed by atoms with Gasteiger partial charge in [-0.25, -0.2) is 0 Å². The highest BCUT2D eigenvalue weighted by Gasteiger charge is 2.15. The van der Waals surface area contributed by atoms with Crippen LogP contribution in [0.5, 0.6) is 0 Å². The molecule has 4 heteroatoms. The molecule has 2 aromatic heterocycles. The lowest BCUT2D eigenvalue weighted by Crippen LogP contribution is -2.21. The number of thiophene rings is 1. The van der Waals surface area contributed by atoms with Crippen LogP contribution in [0.25, 0.3) is 0 Å². The first-order valence-corrected chi connectivity index (χ1v) is 8.94. The minimum absolute atomic E-state index is 0.387. The summed E-state index contributed by atoms with van der Waals surface area (Å²) in [6.07, 6.45) is 6.53. The Hall–Kier alpha value is -1.23. The van der Waals surface area contributed by atoms with Gasteiger partial charge in [0.25, 0.3) is 0 Å². The van der Waals surface area contributed by atoms with Crippen LogP contribution in [-0.2, 0) is 13.1 Å². The van der Waals surface area contributed by atoms with E-state index >= 15 is 0 Å². The van der Waals surface area contributed by atoms with E-state index in [9.17, 15) is 0 Å². The monoisotopic (exact) mass is 315 g/mol. The Balaban J connectivity index is 1.57. The summed E-state index contributed by atoms with van der Waals surface area (Å²) in [5, 5.41) is 0. The van der Waals surface area contributed by atoms with Crippen LogP contribution in [0.4, 0.5) is 0 Å². The molecule has 3 heterocycles. The molecule has 0 amide bonds. The molecule has 0 bridgehead atoms. The second-order valence-electron chi connectivity index (χ2n) is 6.23. The molecule has 118 valence electrons. The van der Waals surface area contributed by atoms with Crippen LogP contribution < -0.4 is 0 Å². The molecule has 1 fully saturated rings. The zero-order valence-corrected chi connectivity index (χ0v) is 14.4. The maximum absolute atomic E-state index is 4.23. The van der Waals surface area contributed by atoms with Crippen LogP contribution in [0.15, 0.2) is 36.7 Å². The predicted molar refractivity (Wildman–Crippen MR) is 92.9 cm³/mol. The molecule has 1 aliphatic heterocycles. The van der Waals surface area contributed by atoms with Crippen LogP contribution in [0.1, 0.15) is 41.1 Å². The second-order valence-corrected chi connectivity index (χ2v) is 7.48. The van der Waals surface area contributed by atoms with Crippen LogP contribution in [0, 0.1) is 0 Å². The van der Waals surface area contributed by atoms with E-state index in [4.69, 9.17) is 0 Å². The van der Waals surface area contributed by atoms with Crippen molar-refractivity contribution in [1.29, 1.82) is 0 Å². The second kappa shape index (κ2) is 7.36. The van der Waals surface area contributed by atoms with Crippen LogP contribution in [0.3, 0.4) is 0 Å². The molecule has 22 heavy (non-hydrogen) atoms. The van der Waals surface area contributed by atoms with Gasteiger partial charge >= 0.3 is 0 Å². The van der Waals surface area contributed by atoms with Crippen molar-refractivity contribution in [1.82, 2.24) is 14.8 Å². The first-order valence-electron chi connectivity index (χ1n) is 8.12. The Bertz CT molecular complexity index is 575. The first kappa shape index (κ1) is 15.7. The van der Waals surface area contributed by atoms with Crippen LogP contribution in [0.2, 0.25) is 0 Å². The summed E-state index contributed by atoms with van der Waals surface area (Å²) in [5.74, 6) is 0. The fourth-order valence-electron chi connectivity index (χ4n) is 3.01. The van der Waals surface area contributed by atoms with Gasteiger partial charge in [0.15, 0.2) is 0 Å². The van der Waals surface area contributed by atoms with Crippen molar-refractivity contribution in [3.63, 3.8) is 0 Å². The number of rotatable bonds is 6. The Morgan fingerprint density at radius 2 is 2.00 bits per heavy atom. The van der Waals surface area contributed by atoms with Crippen molar-refractivity contribution >= 4 is 11.3 Å². The fourth-order valence-corrected chi connectivity index (χ4v) is 4.14. The van der Waals surface area contributed by atoms with E-state index in [0.717, 1.165) is 13.1 Å². The molecule has 0 aliphatic carbocycles. The number of pyridine rings is 1. The minimum atomic E-state index is 0.387. The number of hydrogen-bond donors (Lipinski definition) is 0. The normalized spacial score (nSPS) is 17.2. The van der Waals surface area contributed by atoms with Gasteiger partial charge in [-0.3, -0.25) is 14.8 Å². The van der Waals surface area contributed by atoms with Crippen LogP contribution >= 0.6 is 11.3 Å². The summed E-state index contributed by atoms with van der Waals surface area (Å²) < 4.78 is 0. The summed E-state index contributed by atoms with van der Waals surface area (Å²) in [6, 6.07) is 9.15. The molecule has 0 N–H and O–H groups in total. The van der Waals surface area contributed by atoms with E-state index in [1.54, 1.807) is 0 Å². The molecule has 1 saturated heterocycles. The highest BCUT2D eigenvalue weighted by atomic mass is 32.1. The Labute approximate surface area is 137 Å². The lowest BCUT2D eigenvalue weighted by atomic mass is 10.1. The van der Waals surface area contributed by atoms with Crippen molar-refractivity contribution in [3.8, 4) is 0 Å². The molecule has 2 aromatic rings. The summed E-state index contributed by atoms with van der Waals surface area (Å²) in [4.78, 5) is 12.1. The molecule has 0 unspecified atom stereocenters. The summed E-state index contributed by atoms with van der Waals surface area (Å²) in [6.45, 7) is 6.92. The number of hydrogen-bond acceptors (Lipinski definition) is 4. The highest BCUT2D eigenvalue weighted by molar-refractivity contribution is 7.11. The molecule has 0 radical (unpaired) electrons. The third-order valence-corrected chi connectivity index (χ3v) is 5.58. The van der Waals surface area contributed by atoms with Crippen molar-refractivity contribution in [3.05, 3.63) is 52.0 Å². The van der Waals surface area contributed by atoms with Crippen molar-refractivity contribution in [2.24, 2.45) is 0 Å². The molecule has 0 saturated carbocycles. The first-order chi connectivity index (χ1) is 10.7. The Kier molecular flexibility index (Phi) is 5.24.